The smallest absolute Gasteiger partial charge is 0.338 e. The van der Waals surface area contributed by atoms with E-state index in [2.05, 4.69) is 10.3 Å². The van der Waals surface area contributed by atoms with Crippen LogP contribution < -0.4 is 5.32 Å². The Kier molecular flexibility index (Phi) is 7.10. The van der Waals surface area contributed by atoms with E-state index in [4.69, 9.17) is 0 Å². The lowest BCUT2D eigenvalue weighted by atomic mass is 9.94. The number of halogens is 4. The van der Waals surface area contributed by atoms with Crippen LogP contribution >= 0.6 is 0 Å². The minimum Gasteiger partial charge on any atom is -0.338 e. The minimum absolute atomic E-state index is 0.0162. The van der Waals surface area contributed by atoms with Gasteiger partial charge in [-0.05, 0) is 37.5 Å². The summed E-state index contributed by atoms with van der Waals surface area (Å²) in [6, 6.07) is 7.93. The monoisotopic (exact) mass is 506 g/mol. The van der Waals surface area contributed by atoms with Crippen molar-refractivity contribution in [2.75, 3.05) is 13.1 Å². The van der Waals surface area contributed by atoms with Gasteiger partial charge in [0.05, 0.1) is 29.5 Å². The molecule has 2 saturated heterocycles. The van der Waals surface area contributed by atoms with Crippen LogP contribution in [0, 0.1) is 18.7 Å². The third kappa shape index (κ3) is 5.09. The van der Waals surface area contributed by atoms with E-state index in [1.165, 1.54) is 19.1 Å². The molecular weight excluding hydrogens is 476 g/mol. The van der Waals surface area contributed by atoms with E-state index < -0.39 is 29.5 Å². The molecule has 1 atom stereocenters. The molecule has 194 valence electrons. The summed E-state index contributed by atoms with van der Waals surface area (Å²) in [5.41, 5.74) is -1.22. The molecule has 0 bridgehead atoms. The molecule has 1 aromatic carbocycles. The van der Waals surface area contributed by atoms with Crippen LogP contribution in [0.5, 0.6) is 0 Å². The lowest BCUT2D eigenvalue weighted by molar-refractivity contribution is -0.141. The zero-order valence-electron chi connectivity index (χ0n) is 20.5. The summed E-state index contributed by atoms with van der Waals surface area (Å²) in [6.07, 6.45) is -3.12. The topological polar surface area (TPSA) is 65.5 Å². The van der Waals surface area contributed by atoms with Crippen molar-refractivity contribution >= 4 is 11.8 Å². The molecule has 0 saturated carbocycles. The van der Waals surface area contributed by atoms with Crippen LogP contribution in [0.1, 0.15) is 60.4 Å². The molecule has 1 N–H and O–H groups in total. The van der Waals surface area contributed by atoms with Gasteiger partial charge < -0.3 is 9.80 Å². The number of likely N-dealkylation sites (tertiary alicyclic amines) is 1. The molecule has 2 fully saturated rings. The first-order valence-electron chi connectivity index (χ1n) is 12.1. The van der Waals surface area contributed by atoms with Crippen molar-refractivity contribution in [2.24, 2.45) is 5.92 Å². The zero-order valence-corrected chi connectivity index (χ0v) is 20.5. The number of piperidine rings is 1. The second kappa shape index (κ2) is 9.80. The number of nitrogens with one attached hydrogen (secondary N) is 1. The lowest BCUT2D eigenvalue weighted by Crippen LogP contribution is -2.59. The average Bonchev–Trinajstić information content (AvgIpc) is 3.04. The number of aromatic nitrogens is 1. The molecule has 2 amide bonds. The number of hydrogen-bond donors (Lipinski definition) is 1. The van der Waals surface area contributed by atoms with Crippen molar-refractivity contribution in [3.8, 4) is 0 Å². The van der Waals surface area contributed by atoms with Crippen molar-refractivity contribution in [1.29, 1.82) is 0 Å². The highest BCUT2D eigenvalue weighted by molar-refractivity contribution is 5.95. The van der Waals surface area contributed by atoms with Gasteiger partial charge in [0.2, 0.25) is 5.91 Å². The van der Waals surface area contributed by atoms with E-state index in [0.29, 0.717) is 37.9 Å². The number of benzene rings is 1. The van der Waals surface area contributed by atoms with Gasteiger partial charge in [0.25, 0.3) is 5.91 Å². The van der Waals surface area contributed by atoms with Gasteiger partial charge in [-0.15, -0.1) is 0 Å². The molecule has 10 heteroatoms. The molecular formula is C26H30F4N4O2. The number of nitrogens with zero attached hydrogens (tertiary/aromatic N) is 3. The quantitative estimate of drug-likeness (QED) is 0.606. The van der Waals surface area contributed by atoms with Crippen LogP contribution in [-0.4, -0.2) is 51.4 Å². The largest absolute Gasteiger partial charge is 0.433 e. The highest BCUT2D eigenvalue weighted by Crippen LogP contribution is 2.36. The maximum absolute atomic E-state index is 14.4. The first-order valence-corrected chi connectivity index (χ1v) is 12.1. The highest BCUT2D eigenvalue weighted by Gasteiger charge is 2.52. The van der Waals surface area contributed by atoms with Crippen molar-refractivity contribution in [1.82, 2.24) is 20.1 Å². The third-order valence-electron chi connectivity index (χ3n) is 7.00. The predicted molar refractivity (Wildman–Crippen MR) is 125 cm³/mol. The number of amides is 2. The molecule has 6 nitrogen and oxygen atoms in total. The second-order valence-electron chi connectivity index (χ2n) is 9.99. The summed E-state index contributed by atoms with van der Waals surface area (Å²) in [5, 5.41) is 3.49. The van der Waals surface area contributed by atoms with Crippen LogP contribution in [0.3, 0.4) is 0 Å². The summed E-state index contributed by atoms with van der Waals surface area (Å²) in [5.74, 6) is -0.596. The van der Waals surface area contributed by atoms with Gasteiger partial charge in [-0.25, -0.2) is 9.37 Å². The molecule has 2 aliphatic rings. The highest BCUT2D eigenvalue weighted by atomic mass is 19.4. The Morgan fingerprint density at radius 1 is 1.17 bits per heavy atom. The first-order chi connectivity index (χ1) is 16.9. The summed E-state index contributed by atoms with van der Waals surface area (Å²) >= 11 is 0. The first kappa shape index (κ1) is 26.1. The summed E-state index contributed by atoms with van der Waals surface area (Å²) < 4.78 is 53.3. The van der Waals surface area contributed by atoms with Crippen LogP contribution in [0.15, 0.2) is 36.4 Å². The van der Waals surface area contributed by atoms with Crippen LogP contribution in [0.25, 0.3) is 0 Å². The number of carbonyl (C=O) groups is 2. The number of carbonyl (C=O) groups excluding carboxylic acids is 2. The van der Waals surface area contributed by atoms with Crippen molar-refractivity contribution in [3.63, 3.8) is 0 Å². The summed E-state index contributed by atoms with van der Waals surface area (Å²) in [6.45, 7) is 6.15. The minimum atomic E-state index is -4.58. The molecule has 4 rings (SSSR count). The maximum Gasteiger partial charge on any atom is 0.433 e. The number of aryl methyl sites for hydroxylation is 1. The molecule has 0 aliphatic carbocycles. The Morgan fingerprint density at radius 2 is 1.83 bits per heavy atom. The fraction of sp³-hybridized carbons (Fsp3) is 0.500. The molecule has 1 unspecified atom stereocenters. The predicted octanol–water partition coefficient (Wildman–Crippen LogP) is 4.53. The second-order valence-corrected chi connectivity index (χ2v) is 9.99. The number of rotatable bonds is 5. The van der Waals surface area contributed by atoms with Crippen LogP contribution in [0.4, 0.5) is 17.6 Å². The SMILES string of the molecule is Cc1nc(C(F)(F)F)ccc1C(=O)N1CCC2(CC1)NC(CC(C)C)C(=O)N2Cc1ccccc1F. The Labute approximate surface area is 207 Å². The number of alkyl halides is 3. The van der Waals surface area contributed by atoms with Crippen molar-refractivity contribution in [3.05, 3.63) is 64.7 Å². The molecule has 2 aromatic rings. The standard InChI is InChI=1S/C26H30F4N4O2/c1-16(2)14-21-24(36)34(15-18-6-4-5-7-20(18)27)25(32-21)10-12-33(13-11-25)23(35)19-8-9-22(26(28,29)30)31-17(19)3/h4-9,16,21,32H,10-15H2,1-3H3. The van der Waals surface area contributed by atoms with Gasteiger partial charge >= 0.3 is 6.18 Å². The average molecular weight is 507 g/mol. The van der Waals surface area contributed by atoms with Gasteiger partial charge in [-0.1, -0.05) is 32.0 Å². The zero-order chi connectivity index (χ0) is 26.3. The Bertz CT molecular complexity index is 1140. The molecule has 0 radical (unpaired) electrons. The fourth-order valence-electron chi connectivity index (χ4n) is 5.13. The van der Waals surface area contributed by atoms with Gasteiger partial charge in [0.15, 0.2) is 0 Å². The fourth-order valence-corrected chi connectivity index (χ4v) is 5.13. The Balaban J connectivity index is 1.54. The van der Waals surface area contributed by atoms with E-state index in [1.807, 2.05) is 13.8 Å². The van der Waals surface area contributed by atoms with Gasteiger partial charge in [0, 0.05) is 31.5 Å². The summed E-state index contributed by atoms with van der Waals surface area (Å²) in [4.78, 5) is 33.4. The lowest BCUT2D eigenvalue weighted by Gasteiger charge is -2.45. The van der Waals surface area contributed by atoms with E-state index in [-0.39, 0.29) is 35.4 Å². The van der Waals surface area contributed by atoms with Gasteiger partial charge in [-0.3, -0.25) is 14.9 Å². The maximum atomic E-state index is 14.4. The van der Waals surface area contributed by atoms with Crippen LogP contribution in [-0.2, 0) is 17.5 Å². The van der Waals surface area contributed by atoms with E-state index >= 15 is 0 Å². The van der Waals surface area contributed by atoms with E-state index in [0.717, 1.165) is 6.07 Å². The van der Waals surface area contributed by atoms with Crippen LogP contribution in [0.2, 0.25) is 0 Å². The normalized spacial score (nSPS) is 20.0. The number of hydrogen-bond acceptors (Lipinski definition) is 4. The van der Waals surface area contributed by atoms with Gasteiger partial charge in [-0.2, -0.15) is 13.2 Å². The summed E-state index contributed by atoms with van der Waals surface area (Å²) in [7, 11) is 0. The van der Waals surface area contributed by atoms with Crippen molar-refractivity contribution < 1.29 is 27.2 Å². The molecule has 36 heavy (non-hydrogen) atoms. The van der Waals surface area contributed by atoms with Crippen molar-refractivity contribution in [2.45, 2.75) is 64.5 Å². The number of pyridine rings is 1. The Morgan fingerprint density at radius 3 is 2.42 bits per heavy atom. The van der Waals surface area contributed by atoms with Gasteiger partial charge in [0.1, 0.15) is 11.5 Å². The van der Waals surface area contributed by atoms with E-state index in [1.54, 1.807) is 28.0 Å². The third-order valence-corrected chi connectivity index (χ3v) is 7.00. The Hall–Kier alpha value is -3.01. The molecule has 3 heterocycles. The van der Waals surface area contributed by atoms with E-state index in [9.17, 15) is 27.2 Å². The molecule has 1 spiro atoms. The molecule has 1 aromatic heterocycles. The molecule has 2 aliphatic heterocycles.